The maximum atomic E-state index is 13.5. The smallest absolute Gasteiger partial charge is 0.235 e. The maximum absolute atomic E-state index is 13.5. The Balaban J connectivity index is 1.87. The van der Waals surface area contributed by atoms with Crippen molar-refractivity contribution in [2.75, 3.05) is 25.6 Å². The van der Waals surface area contributed by atoms with Gasteiger partial charge in [-0.25, -0.2) is 0 Å². The average molecular weight is 412 g/mol. The van der Waals surface area contributed by atoms with Crippen molar-refractivity contribution in [1.29, 1.82) is 0 Å². The van der Waals surface area contributed by atoms with Crippen LogP contribution in [0.2, 0.25) is 0 Å². The summed E-state index contributed by atoms with van der Waals surface area (Å²) in [5, 5.41) is 3.17. The highest BCUT2D eigenvalue weighted by Crippen LogP contribution is 2.37. The van der Waals surface area contributed by atoms with Crippen molar-refractivity contribution in [3.05, 3.63) is 53.1 Å². The molecule has 0 radical (unpaired) electrons. The molecule has 0 unspecified atom stereocenters. The van der Waals surface area contributed by atoms with Crippen molar-refractivity contribution in [1.82, 2.24) is 0 Å². The van der Waals surface area contributed by atoms with E-state index in [9.17, 15) is 4.79 Å². The largest absolute Gasteiger partial charge is 0.497 e. The summed E-state index contributed by atoms with van der Waals surface area (Å²) in [5.41, 5.74) is 3.23. The number of hydrogen-bond acceptors (Lipinski definition) is 4. The fourth-order valence-corrected chi connectivity index (χ4v) is 4.02. The first kappa shape index (κ1) is 22.2. The molecule has 1 amide bonds. The van der Waals surface area contributed by atoms with Gasteiger partial charge in [-0.15, -0.1) is 0 Å². The van der Waals surface area contributed by atoms with Gasteiger partial charge in [0.25, 0.3) is 0 Å². The predicted molar refractivity (Wildman–Crippen MR) is 120 cm³/mol. The van der Waals surface area contributed by atoms with Gasteiger partial charge < -0.3 is 19.5 Å². The van der Waals surface area contributed by atoms with Crippen LogP contribution < -0.4 is 14.8 Å². The summed E-state index contributed by atoms with van der Waals surface area (Å²) in [6, 6.07) is 11.8. The first-order valence-corrected chi connectivity index (χ1v) is 10.7. The van der Waals surface area contributed by atoms with Crippen LogP contribution >= 0.6 is 0 Å². The number of amides is 1. The second kappa shape index (κ2) is 9.52. The third-order valence-corrected chi connectivity index (χ3v) is 6.04. The van der Waals surface area contributed by atoms with E-state index >= 15 is 0 Å². The van der Waals surface area contributed by atoms with E-state index < -0.39 is 5.41 Å². The van der Waals surface area contributed by atoms with E-state index in [0.717, 1.165) is 40.3 Å². The summed E-state index contributed by atoms with van der Waals surface area (Å²) in [6.45, 7) is 9.36. The Labute approximate surface area is 179 Å². The second-order valence-corrected chi connectivity index (χ2v) is 8.15. The Morgan fingerprint density at radius 2 is 1.73 bits per heavy atom. The van der Waals surface area contributed by atoms with Gasteiger partial charge in [-0.05, 0) is 81.0 Å². The zero-order valence-corrected chi connectivity index (χ0v) is 18.7. The molecule has 2 aromatic rings. The van der Waals surface area contributed by atoms with Crippen LogP contribution in [0.1, 0.15) is 49.8 Å². The molecule has 0 spiro atoms. The summed E-state index contributed by atoms with van der Waals surface area (Å²) in [7, 11) is 1.64. The normalized spacial score (nSPS) is 16.6. The molecule has 1 aliphatic rings. The molecule has 0 saturated carbocycles. The van der Waals surface area contributed by atoms with Gasteiger partial charge >= 0.3 is 0 Å². The van der Waals surface area contributed by atoms with Crippen molar-refractivity contribution in [2.45, 2.75) is 58.5 Å². The molecule has 30 heavy (non-hydrogen) atoms. The van der Waals surface area contributed by atoms with Crippen LogP contribution in [0.4, 0.5) is 5.69 Å². The highest BCUT2D eigenvalue weighted by Gasteiger charge is 2.41. The fraction of sp³-hybridized carbons (Fsp3) is 0.480. The number of benzene rings is 2. The van der Waals surface area contributed by atoms with E-state index in [0.29, 0.717) is 26.1 Å². The third-order valence-electron chi connectivity index (χ3n) is 6.04. The highest BCUT2D eigenvalue weighted by molar-refractivity contribution is 5.99. The first-order valence-electron chi connectivity index (χ1n) is 10.7. The van der Waals surface area contributed by atoms with Crippen molar-refractivity contribution >= 4 is 11.6 Å². The number of carbonyl (C=O) groups excluding carboxylic acids is 1. The van der Waals surface area contributed by atoms with E-state index in [4.69, 9.17) is 14.2 Å². The minimum atomic E-state index is -0.613. The number of methoxy groups -OCH3 is 1. The van der Waals surface area contributed by atoms with Crippen molar-refractivity contribution < 1.29 is 19.0 Å². The number of nitrogens with one attached hydrogen (secondary N) is 1. The topological polar surface area (TPSA) is 56.8 Å². The number of ether oxygens (including phenoxy) is 3. The monoisotopic (exact) mass is 411 g/mol. The molecule has 0 aliphatic carbocycles. The third kappa shape index (κ3) is 4.62. The molecule has 1 heterocycles. The maximum Gasteiger partial charge on any atom is 0.235 e. The summed E-state index contributed by atoms with van der Waals surface area (Å²) >= 11 is 0. The molecule has 1 aliphatic heterocycles. The van der Waals surface area contributed by atoms with Gasteiger partial charge in [0.1, 0.15) is 11.5 Å². The van der Waals surface area contributed by atoms with Gasteiger partial charge in [0.15, 0.2) is 0 Å². The predicted octanol–water partition coefficient (Wildman–Crippen LogP) is 5.18. The zero-order chi connectivity index (χ0) is 21.7. The molecule has 2 aromatic carbocycles. The van der Waals surface area contributed by atoms with E-state index in [-0.39, 0.29) is 12.0 Å². The van der Waals surface area contributed by atoms with Crippen LogP contribution in [0.5, 0.6) is 11.5 Å². The molecule has 0 bridgehead atoms. The minimum absolute atomic E-state index is 0.00496. The van der Waals surface area contributed by atoms with E-state index in [1.54, 1.807) is 7.11 Å². The second-order valence-electron chi connectivity index (χ2n) is 8.15. The number of aryl methyl sites for hydroxylation is 2. The summed E-state index contributed by atoms with van der Waals surface area (Å²) in [4.78, 5) is 13.5. The lowest BCUT2D eigenvalue weighted by molar-refractivity contribution is -0.125. The van der Waals surface area contributed by atoms with Crippen LogP contribution in [0.25, 0.3) is 0 Å². The van der Waals surface area contributed by atoms with E-state index in [1.165, 1.54) is 0 Å². The lowest BCUT2D eigenvalue weighted by Gasteiger charge is -2.36. The van der Waals surface area contributed by atoms with Gasteiger partial charge in [0, 0.05) is 18.9 Å². The number of carbonyl (C=O) groups is 1. The van der Waals surface area contributed by atoms with Crippen LogP contribution in [0, 0.1) is 13.8 Å². The van der Waals surface area contributed by atoms with Crippen LogP contribution in [-0.4, -0.2) is 32.3 Å². The van der Waals surface area contributed by atoms with Gasteiger partial charge in [0.2, 0.25) is 5.91 Å². The van der Waals surface area contributed by atoms with Crippen molar-refractivity contribution in [3.63, 3.8) is 0 Å². The SMILES string of the molecule is CC[C@@H](C)Oc1c(C)cc(NC(=O)C2(c3ccc(OC)cc3)CCOCC2)cc1C. The molecule has 5 heteroatoms. The summed E-state index contributed by atoms with van der Waals surface area (Å²) < 4.78 is 16.9. The Kier molecular flexibility index (Phi) is 7.03. The molecule has 162 valence electrons. The zero-order valence-electron chi connectivity index (χ0n) is 18.7. The first-order chi connectivity index (χ1) is 14.4. The minimum Gasteiger partial charge on any atom is -0.497 e. The Hall–Kier alpha value is -2.53. The molecule has 3 rings (SSSR count). The molecular formula is C25H33NO4. The molecular weight excluding hydrogens is 378 g/mol. The Morgan fingerprint density at radius 3 is 2.27 bits per heavy atom. The standard InChI is InChI=1S/C25H33NO4/c1-6-19(4)30-23-17(2)15-21(16-18(23)3)26-24(27)25(11-13-29-14-12-25)20-7-9-22(28-5)10-8-20/h7-10,15-16,19H,6,11-14H2,1-5H3,(H,26,27)/t19-/m1/s1. The van der Waals surface area contributed by atoms with Gasteiger partial charge in [-0.1, -0.05) is 19.1 Å². The Morgan fingerprint density at radius 1 is 1.13 bits per heavy atom. The van der Waals surface area contributed by atoms with Gasteiger partial charge in [0.05, 0.1) is 18.6 Å². The van der Waals surface area contributed by atoms with Crippen LogP contribution in [0.15, 0.2) is 36.4 Å². The Bertz CT molecular complexity index is 846. The molecule has 1 fully saturated rings. The lowest BCUT2D eigenvalue weighted by atomic mass is 9.73. The lowest BCUT2D eigenvalue weighted by Crippen LogP contribution is -2.44. The quantitative estimate of drug-likeness (QED) is 0.682. The number of hydrogen-bond donors (Lipinski definition) is 1. The molecule has 0 aromatic heterocycles. The van der Waals surface area contributed by atoms with Gasteiger partial charge in [-0.2, -0.15) is 0 Å². The van der Waals surface area contributed by atoms with Crippen molar-refractivity contribution in [2.24, 2.45) is 0 Å². The molecule has 1 N–H and O–H groups in total. The van der Waals surface area contributed by atoms with Gasteiger partial charge in [-0.3, -0.25) is 4.79 Å². The molecule has 5 nitrogen and oxygen atoms in total. The fourth-order valence-electron chi connectivity index (χ4n) is 4.02. The summed E-state index contributed by atoms with van der Waals surface area (Å²) in [6.07, 6.45) is 2.41. The number of anilines is 1. The van der Waals surface area contributed by atoms with Crippen molar-refractivity contribution in [3.8, 4) is 11.5 Å². The molecule has 1 saturated heterocycles. The van der Waals surface area contributed by atoms with E-state index in [2.05, 4.69) is 19.2 Å². The van der Waals surface area contributed by atoms with Crippen LogP contribution in [0.3, 0.4) is 0 Å². The highest BCUT2D eigenvalue weighted by atomic mass is 16.5. The van der Waals surface area contributed by atoms with E-state index in [1.807, 2.05) is 50.2 Å². The van der Waals surface area contributed by atoms with Crippen LogP contribution in [-0.2, 0) is 14.9 Å². The molecule has 1 atom stereocenters. The number of rotatable bonds is 7. The summed E-state index contributed by atoms with van der Waals surface area (Å²) in [5.74, 6) is 1.69. The average Bonchev–Trinajstić information content (AvgIpc) is 2.76.